The van der Waals surface area contributed by atoms with Crippen molar-refractivity contribution in [3.63, 3.8) is 0 Å². The summed E-state index contributed by atoms with van der Waals surface area (Å²) < 4.78 is 5.31. The molecular weight excluding hydrogens is 246 g/mol. The normalized spacial score (nSPS) is 12.2. The number of hydrogen-bond donors (Lipinski definition) is 1. The second-order valence-electron chi connectivity index (χ2n) is 5.32. The number of methoxy groups -OCH3 is 1. The molecule has 20 heavy (non-hydrogen) atoms. The molecule has 106 valence electrons. The summed E-state index contributed by atoms with van der Waals surface area (Å²) in [6.45, 7) is 4.30. The lowest BCUT2D eigenvalue weighted by atomic mass is 9.96. The topological polar surface area (TPSA) is 21.3 Å². The average Bonchev–Trinajstić information content (AvgIpc) is 2.44. The Morgan fingerprint density at radius 2 is 1.75 bits per heavy atom. The molecule has 0 aliphatic rings. The molecule has 0 radical (unpaired) electrons. The van der Waals surface area contributed by atoms with Gasteiger partial charge in [0.25, 0.3) is 0 Å². The number of likely N-dealkylation sites (N-methyl/N-ethyl adjacent to an activating group) is 1. The highest BCUT2D eigenvalue weighted by Crippen LogP contribution is 2.23. The Balaban J connectivity index is 2.23. The molecule has 0 amide bonds. The average molecular weight is 269 g/mol. The minimum Gasteiger partial charge on any atom is -0.497 e. The first-order valence-electron chi connectivity index (χ1n) is 7.00. The summed E-state index contributed by atoms with van der Waals surface area (Å²) in [5.41, 5.74) is 5.26. The Labute approximate surface area is 121 Å². The molecule has 0 aromatic heterocycles. The van der Waals surface area contributed by atoms with E-state index < -0.39 is 0 Å². The van der Waals surface area contributed by atoms with Crippen LogP contribution in [-0.4, -0.2) is 14.2 Å². The molecular formula is C18H23NO. The lowest BCUT2D eigenvalue weighted by molar-refractivity contribution is 0.413. The summed E-state index contributed by atoms with van der Waals surface area (Å²) in [6, 6.07) is 15.3. The number of rotatable bonds is 5. The van der Waals surface area contributed by atoms with Gasteiger partial charge in [0.05, 0.1) is 7.11 Å². The van der Waals surface area contributed by atoms with Crippen LogP contribution in [0.5, 0.6) is 5.75 Å². The fraction of sp³-hybridized carbons (Fsp3) is 0.333. The molecule has 1 unspecified atom stereocenters. The highest BCUT2D eigenvalue weighted by Gasteiger charge is 2.11. The van der Waals surface area contributed by atoms with E-state index in [1.807, 2.05) is 19.2 Å². The van der Waals surface area contributed by atoms with Gasteiger partial charge in [0, 0.05) is 6.04 Å². The van der Waals surface area contributed by atoms with Gasteiger partial charge in [0.15, 0.2) is 0 Å². The van der Waals surface area contributed by atoms with E-state index in [0.717, 1.165) is 12.2 Å². The molecule has 0 saturated heterocycles. The largest absolute Gasteiger partial charge is 0.497 e. The zero-order valence-corrected chi connectivity index (χ0v) is 12.7. The smallest absolute Gasteiger partial charge is 0.119 e. The van der Waals surface area contributed by atoms with Gasteiger partial charge in [-0.15, -0.1) is 0 Å². The van der Waals surface area contributed by atoms with E-state index in [4.69, 9.17) is 4.74 Å². The molecule has 2 nitrogen and oxygen atoms in total. The van der Waals surface area contributed by atoms with Gasteiger partial charge in [-0.2, -0.15) is 0 Å². The molecule has 0 heterocycles. The van der Waals surface area contributed by atoms with Crippen molar-refractivity contribution in [2.24, 2.45) is 0 Å². The van der Waals surface area contributed by atoms with Crippen LogP contribution in [0.2, 0.25) is 0 Å². The standard InChI is InChI=1S/C18H23NO/c1-13-8-14(2)10-15(9-13)11-18(19-3)16-6-5-7-17(12-16)20-4/h5-10,12,18-19H,11H2,1-4H3. The maximum absolute atomic E-state index is 5.31. The zero-order chi connectivity index (χ0) is 14.5. The number of benzene rings is 2. The minimum atomic E-state index is 0.297. The van der Waals surface area contributed by atoms with Crippen LogP contribution in [0, 0.1) is 13.8 Å². The fourth-order valence-corrected chi connectivity index (χ4v) is 2.67. The van der Waals surface area contributed by atoms with E-state index in [2.05, 4.69) is 49.5 Å². The number of hydrogen-bond acceptors (Lipinski definition) is 2. The lowest BCUT2D eigenvalue weighted by Crippen LogP contribution is -2.19. The van der Waals surface area contributed by atoms with Gasteiger partial charge < -0.3 is 10.1 Å². The van der Waals surface area contributed by atoms with E-state index in [-0.39, 0.29) is 0 Å². The lowest BCUT2D eigenvalue weighted by Gasteiger charge is -2.18. The predicted octanol–water partition coefficient (Wildman–Crippen LogP) is 3.82. The van der Waals surface area contributed by atoms with Crippen LogP contribution >= 0.6 is 0 Å². The number of nitrogens with one attached hydrogen (secondary N) is 1. The summed E-state index contributed by atoms with van der Waals surface area (Å²) in [5, 5.41) is 3.40. The number of aryl methyl sites for hydroxylation is 2. The van der Waals surface area contributed by atoms with Gasteiger partial charge in [-0.3, -0.25) is 0 Å². The van der Waals surface area contributed by atoms with E-state index in [1.54, 1.807) is 7.11 Å². The van der Waals surface area contributed by atoms with Crippen molar-refractivity contribution in [3.8, 4) is 5.75 Å². The second-order valence-corrected chi connectivity index (χ2v) is 5.32. The maximum Gasteiger partial charge on any atom is 0.119 e. The zero-order valence-electron chi connectivity index (χ0n) is 12.7. The summed E-state index contributed by atoms with van der Waals surface area (Å²) in [7, 11) is 3.71. The van der Waals surface area contributed by atoms with Crippen molar-refractivity contribution >= 4 is 0 Å². The first-order chi connectivity index (χ1) is 9.62. The molecule has 2 rings (SSSR count). The molecule has 1 atom stereocenters. The van der Waals surface area contributed by atoms with Crippen LogP contribution in [0.3, 0.4) is 0 Å². The van der Waals surface area contributed by atoms with Crippen molar-refractivity contribution in [1.29, 1.82) is 0 Å². The first kappa shape index (κ1) is 14.6. The van der Waals surface area contributed by atoms with Crippen LogP contribution in [0.4, 0.5) is 0 Å². The van der Waals surface area contributed by atoms with Gasteiger partial charge in [0.1, 0.15) is 5.75 Å². The molecule has 1 N–H and O–H groups in total. The number of ether oxygens (including phenoxy) is 1. The van der Waals surface area contributed by atoms with Crippen molar-refractivity contribution in [1.82, 2.24) is 5.32 Å². The van der Waals surface area contributed by atoms with Crippen LogP contribution < -0.4 is 10.1 Å². The Morgan fingerprint density at radius 3 is 2.35 bits per heavy atom. The maximum atomic E-state index is 5.31. The van der Waals surface area contributed by atoms with Gasteiger partial charge in [-0.25, -0.2) is 0 Å². The third-order valence-electron chi connectivity index (χ3n) is 3.57. The quantitative estimate of drug-likeness (QED) is 0.891. The first-order valence-corrected chi connectivity index (χ1v) is 7.00. The van der Waals surface area contributed by atoms with Crippen LogP contribution in [-0.2, 0) is 6.42 Å². The minimum absolute atomic E-state index is 0.297. The van der Waals surface area contributed by atoms with Crippen molar-refractivity contribution in [3.05, 3.63) is 64.7 Å². The molecule has 0 fully saturated rings. The Morgan fingerprint density at radius 1 is 1.05 bits per heavy atom. The van der Waals surface area contributed by atoms with E-state index in [1.165, 1.54) is 22.3 Å². The second kappa shape index (κ2) is 6.58. The van der Waals surface area contributed by atoms with Gasteiger partial charge in [-0.1, -0.05) is 41.5 Å². The van der Waals surface area contributed by atoms with E-state index in [0.29, 0.717) is 6.04 Å². The van der Waals surface area contributed by atoms with Crippen LogP contribution in [0.25, 0.3) is 0 Å². The third kappa shape index (κ3) is 3.61. The summed E-state index contributed by atoms with van der Waals surface area (Å²) in [4.78, 5) is 0. The fourth-order valence-electron chi connectivity index (χ4n) is 2.67. The highest BCUT2D eigenvalue weighted by atomic mass is 16.5. The van der Waals surface area contributed by atoms with Crippen molar-refractivity contribution in [2.75, 3.05) is 14.2 Å². The molecule has 2 aromatic rings. The van der Waals surface area contributed by atoms with Gasteiger partial charge >= 0.3 is 0 Å². The molecule has 0 aliphatic heterocycles. The van der Waals surface area contributed by atoms with Crippen LogP contribution in [0.15, 0.2) is 42.5 Å². The summed E-state index contributed by atoms with van der Waals surface area (Å²) in [5.74, 6) is 0.906. The Kier molecular flexibility index (Phi) is 4.80. The highest BCUT2D eigenvalue weighted by molar-refractivity contribution is 5.34. The molecule has 2 aromatic carbocycles. The van der Waals surface area contributed by atoms with E-state index in [9.17, 15) is 0 Å². The SMILES string of the molecule is CNC(Cc1cc(C)cc(C)c1)c1cccc(OC)c1. The molecule has 0 bridgehead atoms. The molecule has 0 saturated carbocycles. The van der Waals surface area contributed by atoms with Gasteiger partial charge in [-0.05, 0) is 50.6 Å². The molecule has 0 aliphatic carbocycles. The summed E-state index contributed by atoms with van der Waals surface area (Å²) >= 11 is 0. The summed E-state index contributed by atoms with van der Waals surface area (Å²) in [6.07, 6.45) is 0.978. The monoisotopic (exact) mass is 269 g/mol. The molecule has 0 spiro atoms. The third-order valence-corrected chi connectivity index (χ3v) is 3.57. The Hall–Kier alpha value is -1.80. The molecule has 2 heteroatoms. The van der Waals surface area contributed by atoms with Crippen molar-refractivity contribution < 1.29 is 4.74 Å². The van der Waals surface area contributed by atoms with Gasteiger partial charge in [0.2, 0.25) is 0 Å². The van der Waals surface area contributed by atoms with Crippen LogP contribution in [0.1, 0.15) is 28.3 Å². The van der Waals surface area contributed by atoms with E-state index >= 15 is 0 Å². The Bertz CT molecular complexity index is 557. The predicted molar refractivity (Wildman–Crippen MR) is 84.4 cm³/mol. The van der Waals surface area contributed by atoms with Crippen molar-refractivity contribution in [2.45, 2.75) is 26.3 Å².